The van der Waals surface area contributed by atoms with Crippen LogP contribution in [-0.4, -0.2) is 38.7 Å². The average Bonchev–Trinajstić information content (AvgIpc) is 3.32. The van der Waals surface area contributed by atoms with Gasteiger partial charge in [0.25, 0.3) is 0 Å². The Morgan fingerprint density at radius 1 is 1.03 bits per heavy atom. The van der Waals surface area contributed by atoms with Crippen LogP contribution in [0.1, 0.15) is 49.3 Å². The Labute approximate surface area is 206 Å². The van der Waals surface area contributed by atoms with Crippen LogP contribution in [0.5, 0.6) is 0 Å². The first kappa shape index (κ1) is 23.0. The molecule has 0 saturated carbocycles. The van der Waals surface area contributed by atoms with Gasteiger partial charge in [-0.25, -0.2) is 14.6 Å². The lowest BCUT2D eigenvalue weighted by Gasteiger charge is -2.32. The highest BCUT2D eigenvalue weighted by atomic mass is 16.1. The van der Waals surface area contributed by atoms with Gasteiger partial charge in [-0.05, 0) is 48.9 Å². The number of fused-ring (bicyclic) bond motifs is 1. The summed E-state index contributed by atoms with van der Waals surface area (Å²) in [6.07, 6.45) is 5.18. The van der Waals surface area contributed by atoms with Crippen LogP contribution in [0.4, 0.5) is 5.82 Å². The maximum atomic E-state index is 12.8. The van der Waals surface area contributed by atoms with Gasteiger partial charge >= 0.3 is 0 Å². The van der Waals surface area contributed by atoms with E-state index in [1.807, 2.05) is 10.9 Å². The van der Waals surface area contributed by atoms with E-state index >= 15 is 0 Å². The highest BCUT2D eigenvalue weighted by molar-refractivity contribution is 5.87. The third-order valence-electron chi connectivity index (χ3n) is 6.87. The van der Waals surface area contributed by atoms with Crippen LogP contribution in [0.25, 0.3) is 16.7 Å². The van der Waals surface area contributed by atoms with E-state index in [-0.39, 0.29) is 11.8 Å². The molecule has 1 fully saturated rings. The molecule has 7 heteroatoms. The standard InChI is InChI=1S/C28H32N6O/c1-19(2)22-8-6-21(7-9-22)16-29-28(35)23-12-14-33(15-13-23)27-25-17-34(32-26(25)30-18-31-27)24-10-4-20(3)5-11-24/h4-11,17-19,23H,12-16H2,1-3H3,(H,29,35). The lowest BCUT2D eigenvalue weighted by Crippen LogP contribution is -2.40. The van der Waals surface area contributed by atoms with Crippen molar-refractivity contribution in [2.75, 3.05) is 18.0 Å². The van der Waals surface area contributed by atoms with Crippen LogP contribution in [0.3, 0.4) is 0 Å². The van der Waals surface area contributed by atoms with E-state index < -0.39 is 0 Å². The van der Waals surface area contributed by atoms with Crippen molar-refractivity contribution in [1.29, 1.82) is 0 Å². The Bertz CT molecular complexity index is 1300. The van der Waals surface area contributed by atoms with Crippen LogP contribution in [-0.2, 0) is 11.3 Å². The number of aromatic nitrogens is 4. The zero-order valence-corrected chi connectivity index (χ0v) is 20.6. The summed E-state index contributed by atoms with van der Waals surface area (Å²) in [4.78, 5) is 24.0. The molecule has 35 heavy (non-hydrogen) atoms. The van der Waals surface area contributed by atoms with E-state index in [4.69, 9.17) is 0 Å². The Hall–Kier alpha value is -3.74. The number of carbonyl (C=O) groups is 1. The van der Waals surface area contributed by atoms with Gasteiger partial charge in [0.2, 0.25) is 5.91 Å². The van der Waals surface area contributed by atoms with Gasteiger partial charge in [0.05, 0.1) is 11.1 Å². The minimum absolute atomic E-state index is 0.0220. The zero-order valence-electron chi connectivity index (χ0n) is 20.6. The molecule has 1 aliphatic rings. The van der Waals surface area contributed by atoms with Crippen molar-refractivity contribution in [2.24, 2.45) is 5.92 Å². The van der Waals surface area contributed by atoms with Crippen molar-refractivity contribution in [3.05, 3.63) is 77.7 Å². The number of piperidine rings is 1. The summed E-state index contributed by atoms with van der Waals surface area (Å²) in [6.45, 7) is 8.58. The molecule has 4 aromatic rings. The molecule has 2 aromatic heterocycles. The maximum Gasteiger partial charge on any atom is 0.223 e. The molecule has 0 bridgehead atoms. The van der Waals surface area contributed by atoms with Crippen LogP contribution in [0.15, 0.2) is 61.1 Å². The monoisotopic (exact) mass is 468 g/mol. The maximum absolute atomic E-state index is 12.8. The molecule has 0 unspecified atom stereocenters. The summed E-state index contributed by atoms with van der Waals surface area (Å²) < 4.78 is 1.86. The summed E-state index contributed by atoms with van der Waals surface area (Å²) in [5.74, 6) is 1.56. The first-order chi connectivity index (χ1) is 17.0. The minimum Gasteiger partial charge on any atom is -0.356 e. The number of nitrogens with zero attached hydrogens (tertiary/aromatic N) is 5. The summed E-state index contributed by atoms with van der Waals surface area (Å²) in [7, 11) is 0. The second-order valence-electron chi connectivity index (χ2n) is 9.72. The highest BCUT2D eigenvalue weighted by Crippen LogP contribution is 2.28. The van der Waals surface area contributed by atoms with E-state index in [2.05, 4.69) is 94.6 Å². The van der Waals surface area contributed by atoms with Crippen molar-refractivity contribution in [3.63, 3.8) is 0 Å². The smallest absolute Gasteiger partial charge is 0.223 e. The largest absolute Gasteiger partial charge is 0.356 e. The first-order valence-corrected chi connectivity index (χ1v) is 12.4. The van der Waals surface area contributed by atoms with E-state index in [9.17, 15) is 4.79 Å². The molecule has 0 spiro atoms. The van der Waals surface area contributed by atoms with Gasteiger partial charge in [0.15, 0.2) is 5.65 Å². The normalized spacial score (nSPS) is 14.6. The van der Waals surface area contributed by atoms with Gasteiger partial charge in [-0.1, -0.05) is 55.8 Å². The number of rotatable bonds is 6. The highest BCUT2D eigenvalue weighted by Gasteiger charge is 2.27. The number of carbonyl (C=O) groups excluding carboxylic acids is 1. The van der Waals surface area contributed by atoms with Gasteiger partial charge in [0.1, 0.15) is 12.1 Å². The fraction of sp³-hybridized carbons (Fsp3) is 0.357. The SMILES string of the molecule is Cc1ccc(-n2cc3c(N4CCC(C(=O)NCc5ccc(C(C)C)cc5)CC4)ncnc3n2)cc1. The number of amides is 1. The van der Waals surface area contributed by atoms with E-state index in [1.165, 1.54) is 11.1 Å². The van der Waals surface area contributed by atoms with E-state index in [0.29, 0.717) is 18.1 Å². The van der Waals surface area contributed by atoms with Crippen LogP contribution >= 0.6 is 0 Å². The van der Waals surface area contributed by atoms with E-state index in [0.717, 1.165) is 48.4 Å². The first-order valence-electron chi connectivity index (χ1n) is 12.4. The molecule has 0 aliphatic carbocycles. The summed E-state index contributed by atoms with van der Waals surface area (Å²) in [5, 5.41) is 8.72. The van der Waals surface area contributed by atoms with Gasteiger partial charge in [0, 0.05) is 31.7 Å². The second kappa shape index (κ2) is 9.86. The number of hydrogen-bond acceptors (Lipinski definition) is 5. The number of hydrogen-bond donors (Lipinski definition) is 1. The fourth-order valence-electron chi connectivity index (χ4n) is 4.61. The molecule has 1 saturated heterocycles. The molecule has 1 amide bonds. The Balaban J connectivity index is 1.21. The quantitative estimate of drug-likeness (QED) is 0.441. The molecule has 1 N–H and O–H groups in total. The molecule has 0 radical (unpaired) electrons. The van der Waals surface area contributed by atoms with Crippen molar-refractivity contribution in [1.82, 2.24) is 25.1 Å². The molecule has 7 nitrogen and oxygen atoms in total. The summed E-state index contributed by atoms with van der Waals surface area (Å²) >= 11 is 0. The molecule has 0 atom stereocenters. The number of nitrogens with one attached hydrogen (secondary N) is 1. The van der Waals surface area contributed by atoms with Crippen LogP contribution in [0.2, 0.25) is 0 Å². The number of benzene rings is 2. The Kier molecular flexibility index (Phi) is 6.49. The topological polar surface area (TPSA) is 75.9 Å². The summed E-state index contributed by atoms with van der Waals surface area (Å²) in [6, 6.07) is 16.8. The predicted octanol–water partition coefficient (Wildman–Crippen LogP) is 4.78. The fourth-order valence-corrected chi connectivity index (χ4v) is 4.61. The van der Waals surface area contributed by atoms with Gasteiger partial charge in [-0.15, -0.1) is 5.10 Å². The molecule has 2 aromatic carbocycles. The molecule has 1 aliphatic heterocycles. The minimum atomic E-state index is 0.0220. The Morgan fingerprint density at radius 2 is 1.74 bits per heavy atom. The second-order valence-corrected chi connectivity index (χ2v) is 9.72. The lowest BCUT2D eigenvalue weighted by molar-refractivity contribution is -0.125. The molecule has 5 rings (SSSR count). The average molecular weight is 469 g/mol. The Morgan fingerprint density at radius 3 is 2.43 bits per heavy atom. The zero-order chi connectivity index (χ0) is 24.4. The van der Waals surface area contributed by atoms with Gasteiger partial charge in [-0.2, -0.15) is 0 Å². The molecular weight excluding hydrogens is 436 g/mol. The van der Waals surface area contributed by atoms with Gasteiger partial charge < -0.3 is 10.2 Å². The molecular formula is C28H32N6O. The lowest BCUT2D eigenvalue weighted by atomic mass is 9.95. The predicted molar refractivity (Wildman–Crippen MR) is 139 cm³/mol. The third kappa shape index (κ3) is 5.04. The summed E-state index contributed by atoms with van der Waals surface area (Å²) in [5.41, 5.74) is 5.33. The van der Waals surface area contributed by atoms with Crippen molar-refractivity contribution >= 4 is 22.8 Å². The van der Waals surface area contributed by atoms with E-state index in [1.54, 1.807) is 6.33 Å². The van der Waals surface area contributed by atoms with Crippen molar-refractivity contribution in [3.8, 4) is 5.69 Å². The van der Waals surface area contributed by atoms with Crippen molar-refractivity contribution < 1.29 is 4.79 Å². The molecule has 3 heterocycles. The number of anilines is 1. The van der Waals surface area contributed by atoms with Crippen molar-refractivity contribution in [2.45, 2.75) is 46.1 Å². The van der Waals surface area contributed by atoms with Gasteiger partial charge in [-0.3, -0.25) is 4.79 Å². The van der Waals surface area contributed by atoms with Crippen LogP contribution in [0, 0.1) is 12.8 Å². The number of aryl methyl sites for hydroxylation is 1. The molecule has 180 valence electrons. The third-order valence-corrected chi connectivity index (χ3v) is 6.87. The van der Waals surface area contributed by atoms with Crippen LogP contribution < -0.4 is 10.2 Å².